The van der Waals surface area contributed by atoms with Gasteiger partial charge in [0, 0.05) is 35.0 Å². The van der Waals surface area contributed by atoms with Crippen molar-refractivity contribution < 1.29 is 22.4 Å². The normalized spacial score (nSPS) is 11.2. The molecular weight excluding hydrogens is 552 g/mol. The number of carbonyl (C=O) groups excluding carboxylic acids is 1. The third-order valence-electron chi connectivity index (χ3n) is 5.95. The molecule has 0 saturated heterocycles. The van der Waals surface area contributed by atoms with Gasteiger partial charge in [0.15, 0.2) is 5.11 Å². The Labute approximate surface area is 241 Å². The average molecular weight is 581 g/mol. The maximum atomic E-state index is 13.9. The van der Waals surface area contributed by atoms with Gasteiger partial charge in [-0.1, -0.05) is 44.2 Å². The van der Waals surface area contributed by atoms with E-state index in [0.717, 1.165) is 17.8 Å². The molecule has 4 aromatic carbocycles. The summed E-state index contributed by atoms with van der Waals surface area (Å²) in [4.78, 5) is 14.2. The van der Waals surface area contributed by atoms with Crippen molar-refractivity contribution in [2.45, 2.75) is 20.0 Å². The van der Waals surface area contributed by atoms with E-state index in [1.807, 2.05) is 49.1 Å². The molecule has 0 aliphatic carbocycles. The van der Waals surface area contributed by atoms with E-state index in [-0.39, 0.29) is 22.3 Å². The fourth-order valence-electron chi connectivity index (χ4n) is 4.11. The zero-order valence-corrected chi connectivity index (χ0v) is 23.1. The van der Waals surface area contributed by atoms with Crippen molar-refractivity contribution in [1.82, 2.24) is 0 Å². The smallest absolute Gasteiger partial charge is 0.341 e. The van der Waals surface area contributed by atoms with Crippen LogP contribution >= 0.6 is 12.2 Å². The van der Waals surface area contributed by atoms with Crippen molar-refractivity contribution in [1.29, 1.82) is 0 Å². The fraction of sp³-hybridized carbons (Fsp3) is 0.161. The molecular formula is C31H28F4N4OS. The molecule has 0 atom stereocenters. The number of hydrogen-bond donors (Lipinski definition) is 3. The second-order valence-electron chi connectivity index (χ2n) is 9.70. The lowest BCUT2D eigenvalue weighted by Gasteiger charge is -2.28. The van der Waals surface area contributed by atoms with Crippen LogP contribution in [-0.2, 0) is 6.18 Å². The van der Waals surface area contributed by atoms with Crippen LogP contribution in [0.1, 0.15) is 29.8 Å². The van der Waals surface area contributed by atoms with Crippen molar-refractivity contribution >= 4 is 51.7 Å². The summed E-state index contributed by atoms with van der Waals surface area (Å²) < 4.78 is 55.5. The molecule has 3 N–H and O–H groups in total. The van der Waals surface area contributed by atoms with Crippen LogP contribution in [0.5, 0.6) is 0 Å². The number of thiocarbonyl (C=S) groups is 1. The molecule has 0 radical (unpaired) electrons. The summed E-state index contributed by atoms with van der Waals surface area (Å²) >= 11 is 5.38. The Bertz CT molecular complexity index is 1510. The minimum atomic E-state index is -4.56. The van der Waals surface area contributed by atoms with Crippen molar-refractivity contribution in [3.05, 3.63) is 114 Å². The molecule has 0 saturated carbocycles. The maximum Gasteiger partial charge on any atom is 0.416 e. The van der Waals surface area contributed by atoms with Crippen molar-refractivity contribution in [3.8, 4) is 0 Å². The largest absolute Gasteiger partial charge is 0.416 e. The zero-order valence-electron chi connectivity index (χ0n) is 22.3. The standard InChI is InChI=1S/C31H28F4N4OS/c1-20(2)19-39(25-8-4-3-5-9-25)26-17-21(31(33,34)35)16-24(18-26)38-30(41)37-23-14-12-22(13-15-23)36-29(40)27-10-6-7-11-28(27)32/h3-18,20H,19H2,1-2H3,(H,36,40)(H2,37,38,41). The molecule has 5 nitrogen and oxygen atoms in total. The number of amides is 1. The summed E-state index contributed by atoms with van der Waals surface area (Å²) in [7, 11) is 0. The number of anilines is 5. The van der Waals surface area contributed by atoms with Crippen molar-refractivity contribution in [3.63, 3.8) is 0 Å². The SMILES string of the molecule is CC(C)CN(c1ccccc1)c1cc(NC(=S)Nc2ccc(NC(=O)c3ccccc3F)cc2)cc(C(F)(F)F)c1. The Kier molecular flexibility index (Phi) is 9.24. The molecule has 212 valence electrons. The van der Waals surface area contributed by atoms with E-state index in [4.69, 9.17) is 12.2 Å². The number of rotatable bonds is 8. The number of halogens is 4. The number of benzene rings is 4. The third kappa shape index (κ3) is 8.04. The van der Waals surface area contributed by atoms with Gasteiger partial charge in [0.1, 0.15) is 5.82 Å². The predicted molar refractivity (Wildman–Crippen MR) is 160 cm³/mol. The summed E-state index contributed by atoms with van der Waals surface area (Å²) in [6, 6.07) is 25.1. The first kappa shape index (κ1) is 29.5. The molecule has 0 aliphatic rings. The molecule has 10 heteroatoms. The predicted octanol–water partition coefficient (Wildman–Crippen LogP) is 8.70. The fourth-order valence-corrected chi connectivity index (χ4v) is 4.35. The molecule has 0 fully saturated rings. The van der Waals surface area contributed by atoms with Gasteiger partial charge >= 0.3 is 6.18 Å². The van der Waals surface area contributed by atoms with Crippen LogP contribution in [0.25, 0.3) is 0 Å². The Hall–Kier alpha value is -4.44. The maximum absolute atomic E-state index is 13.9. The van der Waals surface area contributed by atoms with Crippen LogP contribution < -0.4 is 20.9 Å². The first-order valence-electron chi connectivity index (χ1n) is 12.8. The Morgan fingerprint density at radius 2 is 1.37 bits per heavy atom. The second kappa shape index (κ2) is 12.8. The van der Waals surface area contributed by atoms with Crippen LogP contribution in [0, 0.1) is 11.7 Å². The highest BCUT2D eigenvalue weighted by Gasteiger charge is 2.32. The monoisotopic (exact) mass is 580 g/mol. The highest BCUT2D eigenvalue weighted by atomic mass is 32.1. The van der Waals surface area contributed by atoms with E-state index in [0.29, 0.717) is 23.6 Å². The van der Waals surface area contributed by atoms with E-state index >= 15 is 0 Å². The van der Waals surface area contributed by atoms with Crippen LogP contribution in [-0.4, -0.2) is 17.6 Å². The zero-order chi connectivity index (χ0) is 29.6. The van der Waals surface area contributed by atoms with Crippen LogP contribution in [0.2, 0.25) is 0 Å². The first-order chi connectivity index (χ1) is 19.5. The van der Waals surface area contributed by atoms with Gasteiger partial charge in [0.2, 0.25) is 0 Å². The molecule has 0 aliphatic heterocycles. The lowest BCUT2D eigenvalue weighted by atomic mass is 10.1. The summed E-state index contributed by atoms with van der Waals surface area (Å²) in [5.41, 5.74) is 1.39. The van der Waals surface area contributed by atoms with Gasteiger partial charge in [-0.2, -0.15) is 13.2 Å². The van der Waals surface area contributed by atoms with Gasteiger partial charge in [0.25, 0.3) is 5.91 Å². The highest BCUT2D eigenvalue weighted by Crippen LogP contribution is 2.37. The lowest BCUT2D eigenvalue weighted by Crippen LogP contribution is -2.24. The second-order valence-corrected chi connectivity index (χ2v) is 10.1. The Balaban J connectivity index is 1.50. The van der Waals surface area contributed by atoms with E-state index < -0.39 is 23.5 Å². The van der Waals surface area contributed by atoms with Gasteiger partial charge < -0.3 is 20.9 Å². The Morgan fingerprint density at radius 3 is 1.98 bits per heavy atom. The molecule has 0 spiro atoms. The molecule has 0 unspecified atom stereocenters. The van der Waals surface area contributed by atoms with Crippen LogP contribution in [0.4, 0.5) is 46.0 Å². The summed E-state index contributed by atoms with van der Waals surface area (Å²) in [6.07, 6.45) is -4.56. The van der Waals surface area contributed by atoms with Gasteiger partial charge in [-0.3, -0.25) is 4.79 Å². The molecule has 41 heavy (non-hydrogen) atoms. The van der Waals surface area contributed by atoms with Gasteiger partial charge in [-0.15, -0.1) is 0 Å². The molecule has 4 aromatic rings. The Morgan fingerprint density at radius 1 is 0.780 bits per heavy atom. The molecule has 1 amide bonds. The lowest BCUT2D eigenvalue weighted by molar-refractivity contribution is -0.137. The minimum absolute atomic E-state index is 0.0773. The van der Waals surface area contributed by atoms with Crippen molar-refractivity contribution in [2.75, 3.05) is 27.4 Å². The van der Waals surface area contributed by atoms with E-state index in [2.05, 4.69) is 16.0 Å². The van der Waals surface area contributed by atoms with Crippen LogP contribution in [0.15, 0.2) is 97.1 Å². The summed E-state index contributed by atoms with van der Waals surface area (Å²) in [5.74, 6) is -1.04. The summed E-state index contributed by atoms with van der Waals surface area (Å²) in [5, 5.41) is 8.49. The number of carbonyl (C=O) groups is 1. The number of nitrogens with zero attached hydrogens (tertiary/aromatic N) is 1. The van der Waals surface area contributed by atoms with Gasteiger partial charge in [0.05, 0.1) is 11.1 Å². The van der Waals surface area contributed by atoms with Gasteiger partial charge in [-0.05, 0) is 84.9 Å². The number of para-hydroxylation sites is 1. The topological polar surface area (TPSA) is 56.4 Å². The molecule has 0 bridgehead atoms. The van der Waals surface area contributed by atoms with Gasteiger partial charge in [-0.25, -0.2) is 4.39 Å². The van der Waals surface area contributed by atoms with Crippen molar-refractivity contribution in [2.24, 2.45) is 5.92 Å². The molecule has 0 aromatic heterocycles. The number of nitrogens with one attached hydrogen (secondary N) is 3. The van der Waals surface area contributed by atoms with E-state index in [1.54, 1.807) is 36.4 Å². The first-order valence-corrected chi connectivity index (χ1v) is 13.2. The van der Waals surface area contributed by atoms with Crippen LogP contribution in [0.3, 0.4) is 0 Å². The highest BCUT2D eigenvalue weighted by molar-refractivity contribution is 7.80. The molecule has 4 rings (SSSR count). The summed E-state index contributed by atoms with van der Waals surface area (Å²) in [6.45, 7) is 4.50. The van der Waals surface area contributed by atoms with E-state index in [9.17, 15) is 22.4 Å². The van der Waals surface area contributed by atoms with E-state index in [1.165, 1.54) is 18.2 Å². The minimum Gasteiger partial charge on any atom is -0.341 e. The number of hydrogen-bond acceptors (Lipinski definition) is 3. The molecule has 0 heterocycles. The quantitative estimate of drug-likeness (QED) is 0.144. The average Bonchev–Trinajstić information content (AvgIpc) is 2.92. The number of alkyl halides is 3. The third-order valence-corrected chi connectivity index (χ3v) is 6.15.